The monoisotopic (exact) mass is 226 g/mol. The van der Waals surface area contributed by atoms with Gasteiger partial charge in [-0.2, -0.15) is 5.10 Å². The van der Waals surface area contributed by atoms with Crippen molar-refractivity contribution in [2.45, 2.75) is 39.7 Å². The summed E-state index contributed by atoms with van der Waals surface area (Å²) < 4.78 is 1.86. The van der Waals surface area contributed by atoms with Crippen LogP contribution in [0.3, 0.4) is 0 Å². The first kappa shape index (κ1) is 13.2. The number of aliphatic hydroxyl groups is 2. The Morgan fingerprint density at radius 3 is 2.44 bits per heavy atom. The molecule has 0 amide bonds. The number of aromatic nitrogens is 2. The van der Waals surface area contributed by atoms with E-state index in [4.69, 9.17) is 0 Å². The Morgan fingerprint density at radius 1 is 1.31 bits per heavy atom. The highest BCUT2D eigenvalue weighted by Crippen LogP contribution is 2.27. The second-order valence-electron chi connectivity index (χ2n) is 4.45. The lowest BCUT2D eigenvalue weighted by Crippen LogP contribution is -2.32. The Balaban J connectivity index is 2.74. The highest BCUT2D eigenvalue weighted by atomic mass is 16.3. The number of hydrogen-bond donors (Lipinski definition) is 2. The Labute approximate surface area is 96.9 Å². The molecule has 0 aromatic carbocycles. The average molecular weight is 226 g/mol. The number of nitrogens with zero attached hydrogens (tertiary/aromatic N) is 2. The summed E-state index contributed by atoms with van der Waals surface area (Å²) in [7, 11) is 0. The fourth-order valence-electron chi connectivity index (χ4n) is 2.04. The molecule has 4 heteroatoms. The summed E-state index contributed by atoms with van der Waals surface area (Å²) in [6.07, 6.45) is 6.28. The van der Waals surface area contributed by atoms with Gasteiger partial charge in [0.2, 0.25) is 0 Å². The van der Waals surface area contributed by atoms with E-state index in [9.17, 15) is 10.2 Å². The van der Waals surface area contributed by atoms with Crippen LogP contribution in [-0.4, -0.2) is 33.2 Å². The van der Waals surface area contributed by atoms with Crippen LogP contribution in [0.15, 0.2) is 12.4 Å². The molecule has 0 spiro atoms. The van der Waals surface area contributed by atoms with Crippen LogP contribution in [-0.2, 0) is 13.0 Å². The predicted molar refractivity (Wildman–Crippen MR) is 63.1 cm³/mol. The van der Waals surface area contributed by atoms with E-state index in [2.05, 4.69) is 12.0 Å². The molecular weight excluding hydrogens is 204 g/mol. The van der Waals surface area contributed by atoms with E-state index in [1.165, 1.54) is 0 Å². The molecule has 1 aromatic heterocycles. The molecule has 0 aliphatic heterocycles. The molecule has 0 radical (unpaired) electrons. The molecule has 16 heavy (non-hydrogen) atoms. The van der Waals surface area contributed by atoms with Crippen LogP contribution in [0.25, 0.3) is 0 Å². The number of hydrogen-bond acceptors (Lipinski definition) is 3. The maximum Gasteiger partial charge on any atom is 0.0521 e. The summed E-state index contributed by atoms with van der Waals surface area (Å²) in [5.41, 5.74) is 0.689. The molecule has 0 atom stereocenters. The lowest BCUT2D eigenvalue weighted by Gasteiger charge is -2.28. The van der Waals surface area contributed by atoms with Crippen molar-refractivity contribution in [2.24, 2.45) is 5.41 Å². The van der Waals surface area contributed by atoms with Gasteiger partial charge in [-0.15, -0.1) is 0 Å². The van der Waals surface area contributed by atoms with Gasteiger partial charge in [-0.05, 0) is 25.3 Å². The summed E-state index contributed by atoms with van der Waals surface area (Å²) in [5.74, 6) is 0. The van der Waals surface area contributed by atoms with Crippen LogP contribution >= 0.6 is 0 Å². The summed E-state index contributed by atoms with van der Waals surface area (Å²) in [5, 5.41) is 23.1. The van der Waals surface area contributed by atoms with Crippen LogP contribution in [0.2, 0.25) is 0 Å². The Hall–Kier alpha value is -0.870. The Kier molecular flexibility index (Phi) is 4.96. The third-order valence-corrected chi connectivity index (χ3v) is 3.04. The predicted octanol–water partition coefficient (Wildman–Crippen LogP) is 1.22. The first-order chi connectivity index (χ1) is 7.69. The van der Waals surface area contributed by atoms with Crippen molar-refractivity contribution in [1.82, 2.24) is 9.78 Å². The first-order valence-electron chi connectivity index (χ1n) is 5.92. The second-order valence-corrected chi connectivity index (χ2v) is 4.45. The lowest BCUT2D eigenvalue weighted by molar-refractivity contribution is 0.0466. The number of aryl methyl sites for hydroxylation is 1. The van der Waals surface area contributed by atoms with E-state index in [0.29, 0.717) is 6.42 Å². The van der Waals surface area contributed by atoms with Crippen LogP contribution in [0, 0.1) is 5.41 Å². The summed E-state index contributed by atoms with van der Waals surface area (Å²) >= 11 is 0. The van der Waals surface area contributed by atoms with Gasteiger partial charge in [0.15, 0.2) is 0 Å². The van der Waals surface area contributed by atoms with Gasteiger partial charge in [0.1, 0.15) is 0 Å². The van der Waals surface area contributed by atoms with Gasteiger partial charge in [0, 0.05) is 18.2 Å². The molecule has 2 N–H and O–H groups in total. The van der Waals surface area contributed by atoms with E-state index < -0.39 is 5.41 Å². The van der Waals surface area contributed by atoms with E-state index in [-0.39, 0.29) is 13.2 Å². The largest absolute Gasteiger partial charge is 0.396 e. The molecule has 92 valence electrons. The molecular formula is C12H22N2O2. The molecule has 0 fully saturated rings. The topological polar surface area (TPSA) is 58.3 Å². The SMILES string of the molecule is CCCC(CO)(CO)Cc1cnn(CC)c1. The molecule has 1 rings (SSSR count). The first-order valence-corrected chi connectivity index (χ1v) is 5.92. The smallest absolute Gasteiger partial charge is 0.0521 e. The van der Waals surface area contributed by atoms with Crippen LogP contribution in [0.4, 0.5) is 0 Å². The minimum Gasteiger partial charge on any atom is -0.396 e. The molecule has 4 nitrogen and oxygen atoms in total. The third-order valence-electron chi connectivity index (χ3n) is 3.04. The van der Waals surface area contributed by atoms with Crippen LogP contribution in [0.1, 0.15) is 32.3 Å². The molecule has 0 aliphatic carbocycles. The number of rotatable bonds is 7. The quantitative estimate of drug-likeness (QED) is 0.735. The zero-order valence-electron chi connectivity index (χ0n) is 10.2. The summed E-state index contributed by atoms with van der Waals surface area (Å²) in [6, 6.07) is 0. The second kappa shape index (κ2) is 6.01. The van der Waals surface area contributed by atoms with Crippen molar-refractivity contribution < 1.29 is 10.2 Å². The van der Waals surface area contributed by atoms with Crippen molar-refractivity contribution >= 4 is 0 Å². The standard InChI is InChI=1S/C12H22N2O2/c1-3-5-12(9-15,10-16)6-11-7-13-14(4-2)8-11/h7-8,15-16H,3-6,9-10H2,1-2H3. The van der Waals surface area contributed by atoms with Crippen molar-refractivity contribution in [3.63, 3.8) is 0 Å². The Bertz CT molecular complexity index is 306. The van der Waals surface area contributed by atoms with Crippen LogP contribution < -0.4 is 0 Å². The average Bonchev–Trinajstić information content (AvgIpc) is 2.76. The van der Waals surface area contributed by atoms with E-state index in [0.717, 1.165) is 24.9 Å². The van der Waals surface area contributed by atoms with E-state index in [1.807, 2.05) is 24.0 Å². The maximum atomic E-state index is 9.45. The minimum absolute atomic E-state index is 0.0225. The van der Waals surface area contributed by atoms with Crippen molar-refractivity contribution in [2.75, 3.05) is 13.2 Å². The van der Waals surface area contributed by atoms with Gasteiger partial charge < -0.3 is 10.2 Å². The van der Waals surface area contributed by atoms with Gasteiger partial charge in [0.05, 0.1) is 19.4 Å². The third kappa shape index (κ3) is 3.06. The van der Waals surface area contributed by atoms with Crippen LogP contribution in [0.5, 0.6) is 0 Å². The zero-order valence-corrected chi connectivity index (χ0v) is 10.2. The van der Waals surface area contributed by atoms with Gasteiger partial charge in [0.25, 0.3) is 0 Å². The lowest BCUT2D eigenvalue weighted by atomic mass is 9.80. The molecule has 0 aliphatic rings. The number of aliphatic hydroxyl groups excluding tert-OH is 2. The maximum absolute atomic E-state index is 9.45. The van der Waals surface area contributed by atoms with Crippen molar-refractivity contribution in [1.29, 1.82) is 0 Å². The highest BCUT2D eigenvalue weighted by molar-refractivity contribution is 5.08. The fourth-order valence-corrected chi connectivity index (χ4v) is 2.04. The molecule has 1 heterocycles. The summed E-state index contributed by atoms with van der Waals surface area (Å²) in [6.45, 7) is 4.99. The molecule has 0 saturated carbocycles. The van der Waals surface area contributed by atoms with Gasteiger partial charge >= 0.3 is 0 Å². The molecule has 0 unspecified atom stereocenters. The fraction of sp³-hybridized carbons (Fsp3) is 0.750. The summed E-state index contributed by atoms with van der Waals surface area (Å²) in [4.78, 5) is 0. The Morgan fingerprint density at radius 2 is 2.00 bits per heavy atom. The van der Waals surface area contributed by atoms with Gasteiger partial charge in [-0.25, -0.2) is 0 Å². The molecule has 0 bridgehead atoms. The zero-order chi connectivity index (χ0) is 12.0. The normalized spacial score (nSPS) is 12.0. The molecule has 0 saturated heterocycles. The van der Waals surface area contributed by atoms with Gasteiger partial charge in [-0.3, -0.25) is 4.68 Å². The van der Waals surface area contributed by atoms with E-state index in [1.54, 1.807) is 0 Å². The van der Waals surface area contributed by atoms with Crippen molar-refractivity contribution in [3.8, 4) is 0 Å². The highest BCUT2D eigenvalue weighted by Gasteiger charge is 2.28. The molecule has 1 aromatic rings. The van der Waals surface area contributed by atoms with Gasteiger partial charge in [-0.1, -0.05) is 13.3 Å². The van der Waals surface area contributed by atoms with E-state index >= 15 is 0 Å². The van der Waals surface area contributed by atoms with Crippen molar-refractivity contribution in [3.05, 3.63) is 18.0 Å². The minimum atomic E-state index is -0.393.